The van der Waals surface area contributed by atoms with Crippen molar-refractivity contribution >= 4 is 19.8 Å². The molecular weight excluding hydrogens is 653 g/mol. The number of allylic oxidation sites excluding steroid dienone is 2. The zero-order valence-electron chi connectivity index (χ0n) is 33.1. The summed E-state index contributed by atoms with van der Waals surface area (Å²) in [5.41, 5.74) is 0. The van der Waals surface area contributed by atoms with Gasteiger partial charge in [-0.3, -0.25) is 18.6 Å². The summed E-state index contributed by atoms with van der Waals surface area (Å²) in [5.74, 6) is -0.798. The Morgan fingerprint density at radius 2 is 1.02 bits per heavy atom. The molecule has 0 aliphatic carbocycles. The summed E-state index contributed by atoms with van der Waals surface area (Å²) in [6.07, 6.45) is 32.6. The molecule has 296 valence electrons. The van der Waals surface area contributed by atoms with Gasteiger partial charge in [-0.1, -0.05) is 142 Å². The Bertz CT molecular complexity index is 876. The van der Waals surface area contributed by atoms with Crippen molar-refractivity contribution in [2.24, 2.45) is 0 Å². The van der Waals surface area contributed by atoms with E-state index >= 15 is 0 Å². The van der Waals surface area contributed by atoms with E-state index in [1.54, 1.807) is 0 Å². The van der Waals surface area contributed by atoms with E-state index in [0.29, 0.717) is 23.9 Å². The first-order valence-electron chi connectivity index (χ1n) is 20.4. The van der Waals surface area contributed by atoms with Gasteiger partial charge in [-0.2, -0.15) is 0 Å². The van der Waals surface area contributed by atoms with Crippen LogP contribution in [-0.2, 0) is 32.7 Å². The van der Waals surface area contributed by atoms with Gasteiger partial charge in [0.1, 0.15) is 19.8 Å². The van der Waals surface area contributed by atoms with Gasteiger partial charge < -0.3 is 18.9 Å². The van der Waals surface area contributed by atoms with Gasteiger partial charge in [-0.05, 0) is 38.5 Å². The Kier molecular flexibility index (Phi) is 32.7. The molecule has 0 bridgehead atoms. The highest BCUT2D eigenvalue weighted by atomic mass is 31.2. The van der Waals surface area contributed by atoms with Crippen molar-refractivity contribution in [3.8, 4) is 0 Å². The van der Waals surface area contributed by atoms with Crippen LogP contribution in [-0.4, -0.2) is 74.9 Å². The number of phosphoric ester groups is 1. The second kappa shape index (κ2) is 33.6. The first-order valence-corrected chi connectivity index (χ1v) is 21.9. The lowest BCUT2D eigenvalue weighted by Gasteiger charge is -2.24. The third-order valence-corrected chi connectivity index (χ3v) is 9.78. The van der Waals surface area contributed by atoms with Crippen molar-refractivity contribution in [2.45, 2.75) is 187 Å². The number of nitrogens with zero attached hydrogens (tertiary/aromatic N) is 1. The highest BCUT2D eigenvalue weighted by Gasteiger charge is 2.27. The van der Waals surface area contributed by atoms with E-state index in [1.807, 2.05) is 21.1 Å². The quantitative estimate of drug-likeness (QED) is 0.0221. The van der Waals surface area contributed by atoms with Gasteiger partial charge in [0.15, 0.2) is 6.10 Å². The summed E-state index contributed by atoms with van der Waals surface area (Å²) < 4.78 is 34.2. The molecule has 0 fully saturated rings. The summed E-state index contributed by atoms with van der Waals surface area (Å²) >= 11 is 0. The lowest BCUT2D eigenvalue weighted by molar-refractivity contribution is -0.870. The van der Waals surface area contributed by atoms with E-state index in [9.17, 15) is 19.0 Å². The molecule has 0 heterocycles. The first kappa shape index (κ1) is 48.8. The minimum absolute atomic E-state index is 0.0341. The van der Waals surface area contributed by atoms with Crippen LogP contribution in [0.5, 0.6) is 0 Å². The van der Waals surface area contributed by atoms with Crippen LogP contribution in [0.3, 0.4) is 0 Å². The maximum atomic E-state index is 12.6. The minimum atomic E-state index is -4.36. The Morgan fingerprint density at radius 3 is 1.50 bits per heavy atom. The molecule has 0 aliphatic heterocycles. The van der Waals surface area contributed by atoms with E-state index in [-0.39, 0.29) is 25.6 Å². The van der Waals surface area contributed by atoms with Crippen LogP contribution < -0.4 is 0 Å². The summed E-state index contributed by atoms with van der Waals surface area (Å²) in [4.78, 5) is 35.2. The van der Waals surface area contributed by atoms with E-state index in [2.05, 4.69) is 26.0 Å². The molecule has 1 N–H and O–H groups in total. The molecule has 0 aromatic carbocycles. The fourth-order valence-corrected chi connectivity index (χ4v) is 6.28. The van der Waals surface area contributed by atoms with Crippen LogP contribution in [0.15, 0.2) is 12.2 Å². The van der Waals surface area contributed by atoms with Gasteiger partial charge >= 0.3 is 19.8 Å². The number of ether oxygens (including phenoxy) is 2. The van der Waals surface area contributed by atoms with Crippen molar-refractivity contribution in [2.75, 3.05) is 47.5 Å². The molecule has 0 aromatic rings. The van der Waals surface area contributed by atoms with Crippen LogP contribution in [0, 0.1) is 0 Å². The molecule has 0 saturated carbocycles. The number of rotatable bonds is 37. The van der Waals surface area contributed by atoms with E-state index in [1.165, 1.54) is 109 Å². The van der Waals surface area contributed by atoms with Crippen molar-refractivity contribution in [1.82, 2.24) is 0 Å². The molecule has 10 heteroatoms. The van der Waals surface area contributed by atoms with Crippen LogP contribution in [0.2, 0.25) is 0 Å². The lowest BCUT2D eigenvalue weighted by atomic mass is 10.1. The fourth-order valence-electron chi connectivity index (χ4n) is 5.54. The van der Waals surface area contributed by atoms with Crippen molar-refractivity contribution < 1.29 is 42.1 Å². The Hall–Kier alpha value is -1.25. The van der Waals surface area contributed by atoms with Gasteiger partial charge in [0.2, 0.25) is 0 Å². The first-order chi connectivity index (χ1) is 24.0. The SMILES string of the molecule is CCCCCC/C=C/CCCCCCCCCCCC(=O)O[C@H](COC(=O)CCCCCCCCCCC)COP(=O)(O)OCC[N+](C)(C)C. The summed E-state index contributed by atoms with van der Waals surface area (Å²) in [6, 6.07) is 0. The molecular formula is C40H79NO8P+. The monoisotopic (exact) mass is 733 g/mol. The highest BCUT2D eigenvalue weighted by Crippen LogP contribution is 2.43. The number of likely N-dealkylation sites (N-methyl/N-ethyl adjacent to an activating group) is 1. The number of carbonyl (C=O) groups excluding carboxylic acids is 2. The topological polar surface area (TPSA) is 108 Å². The molecule has 0 aliphatic rings. The average Bonchev–Trinajstić information content (AvgIpc) is 3.06. The Morgan fingerprint density at radius 1 is 0.600 bits per heavy atom. The van der Waals surface area contributed by atoms with Gasteiger partial charge in [0.25, 0.3) is 0 Å². The zero-order valence-corrected chi connectivity index (χ0v) is 34.0. The van der Waals surface area contributed by atoms with Crippen LogP contribution in [0.4, 0.5) is 0 Å². The fraction of sp³-hybridized carbons (Fsp3) is 0.900. The van der Waals surface area contributed by atoms with Gasteiger partial charge in [-0.25, -0.2) is 4.57 Å². The maximum absolute atomic E-state index is 12.6. The number of quaternary nitrogens is 1. The average molecular weight is 733 g/mol. The van der Waals surface area contributed by atoms with E-state index in [4.69, 9.17) is 18.5 Å². The van der Waals surface area contributed by atoms with Gasteiger partial charge in [0.05, 0.1) is 27.7 Å². The molecule has 0 amide bonds. The van der Waals surface area contributed by atoms with Crippen LogP contribution in [0.25, 0.3) is 0 Å². The third-order valence-electron chi connectivity index (χ3n) is 8.80. The van der Waals surface area contributed by atoms with E-state index < -0.39 is 26.5 Å². The molecule has 0 radical (unpaired) electrons. The number of hydrogen-bond donors (Lipinski definition) is 1. The number of unbranched alkanes of at least 4 members (excludes halogenated alkanes) is 21. The number of carbonyl (C=O) groups is 2. The van der Waals surface area contributed by atoms with E-state index in [0.717, 1.165) is 38.5 Å². The molecule has 0 spiro atoms. The van der Waals surface area contributed by atoms with Crippen molar-refractivity contribution in [1.29, 1.82) is 0 Å². The van der Waals surface area contributed by atoms with Crippen molar-refractivity contribution in [3.63, 3.8) is 0 Å². The second-order valence-corrected chi connectivity index (χ2v) is 16.5. The highest BCUT2D eigenvalue weighted by molar-refractivity contribution is 7.47. The standard InChI is InChI=1S/C40H78NO8P/c1-6-8-10-12-14-16-17-18-19-20-21-22-23-25-27-29-31-33-40(43)49-38(37-48-50(44,45)47-35-34-41(3,4)5)36-46-39(42)32-30-28-26-24-15-13-11-9-7-2/h16-17,38H,6-15,18-37H2,1-5H3/p+1/b17-16+/t38-/m1/s1. The molecule has 0 aromatic heterocycles. The van der Waals surface area contributed by atoms with Gasteiger partial charge in [-0.15, -0.1) is 0 Å². The predicted molar refractivity (Wildman–Crippen MR) is 206 cm³/mol. The van der Waals surface area contributed by atoms with Gasteiger partial charge in [0, 0.05) is 12.8 Å². The normalized spacial score (nSPS) is 13.8. The summed E-state index contributed by atoms with van der Waals surface area (Å²) in [7, 11) is 1.48. The summed E-state index contributed by atoms with van der Waals surface area (Å²) in [6.45, 7) is 4.39. The smallest absolute Gasteiger partial charge is 0.462 e. The molecule has 50 heavy (non-hydrogen) atoms. The van der Waals surface area contributed by atoms with Crippen molar-refractivity contribution in [3.05, 3.63) is 12.2 Å². The summed E-state index contributed by atoms with van der Waals surface area (Å²) in [5, 5.41) is 0. The third kappa shape index (κ3) is 36.5. The zero-order chi connectivity index (χ0) is 37.2. The number of phosphoric acid groups is 1. The second-order valence-electron chi connectivity index (χ2n) is 15.0. The van der Waals surface area contributed by atoms with Crippen LogP contribution in [0.1, 0.15) is 181 Å². The molecule has 0 saturated heterocycles. The number of hydrogen-bond acceptors (Lipinski definition) is 7. The molecule has 1 unspecified atom stereocenters. The molecule has 2 atom stereocenters. The Balaban J connectivity index is 4.34. The Labute approximate surface area is 307 Å². The molecule has 0 rings (SSSR count). The largest absolute Gasteiger partial charge is 0.472 e. The van der Waals surface area contributed by atoms with Crippen LogP contribution >= 0.6 is 7.82 Å². The lowest BCUT2D eigenvalue weighted by Crippen LogP contribution is -2.37. The predicted octanol–water partition coefficient (Wildman–Crippen LogP) is 11.0. The number of esters is 2. The maximum Gasteiger partial charge on any atom is 0.472 e. The minimum Gasteiger partial charge on any atom is -0.462 e. The molecule has 9 nitrogen and oxygen atoms in total.